The van der Waals surface area contributed by atoms with Crippen LogP contribution >= 0.6 is 0 Å². The van der Waals surface area contributed by atoms with Gasteiger partial charge in [0.25, 0.3) is 5.56 Å². The number of pyridine rings is 1. The Morgan fingerprint density at radius 2 is 1.79 bits per heavy atom. The lowest BCUT2D eigenvalue weighted by Crippen LogP contribution is -2.38. The maximum Gasteiger partial charge on any atom is 0.254 e. The second kappa shape index (κ2) is 6.07. The molecule has 3 aromatic rings. The molecule has 0 aliphatic carbocycles. The number of hydrogen-bond donors (Lipinski definition) is 0. The summed E-state index contributed by atoms with van der Waals surface area (Å²) < 4.78 is 3.53. The molecule has 0 fully saturated rings. The van der Waals surface area contributed by atoms with Crippen LogP contribution < -0.4 is 5.56 Å². The first-order valence-electron chi connectivity index (χ1n) is 8.03. The summed E-state index contributed by atoms with van der Waals surface area (Å²) in [4.78, 5) is 12.6. The van der Waals surface area contributed by atoms with Crippen molar-refractivity contribution >= 4 is 0 Å². The molecule has 3 rings (SSSR count). The first-order valence-corrected chi connectivity index (χ1v) is 8.03. The third-order valence-electron chi connectivity index (χ3n) is 4.56. The van der Waals surface area contributed by atoms with Crippen LogP contribution in [0.1, 0.15) is 36.2 Å². The van der Waals surface area contributed by atoms with Crippen LogP contribution in [0.3, 0.4) is 0 Å². The van der Waals surface area contributed by atoms with Crippen molar-refractivity contribution in [2.45, 2.75) is 39.8 Å². The minimum absolute atomic E-state index is 0.0117. The van der Waals surface area contributed by atoms with Crippen molar-refractivity contribution in [3.63, 3.8) is 0 Å². The largest absolute Gasteiger partial charge is 0.304 e. The zero-order chi connectivity index (χ0) is 17.3. The molecular weight excluding hydrogens is 300 g/mol. The van der Waals surface area contributed by atoms with Crippen molar-refractivity contribution in [2.75, 3.05) is 0 Å². The maximum absolute atomic E-state index is 12.6. The summed E-state index contributed by atoms with van der Waals surface area (Å²) in [5.74, 6) is 0. The zero-order valence-electron chi connectivity index (χ0n) is 14.5. The SMILES string of the molecule is Cc1ccn(C(C)(C)c2cn(Cc3ccccc3)nn2)c(=O)c1C. The van der Waals surface area contributed by atoms with Gasteiger partial charge in [0.05, 0.1) is 18.3 Å². The third kappa shape index (κ3) is 2.89. The van der Waals surface area contributed by atoms with Crippen molar-refractivity contribution in [3.05, 3.63) is 81.5 Å². The van der Waals surface area contributed by atoms with Crippen LogP contribution in [-0.4, -0.2) is 19.6 Å². The molecule has 0 aliphatic rings. The lowest BCUT2D eigenvalue weighted by atomic mass is 10.00. The quantitative estimate of drug-likeness (QED) is 0.742. The van der Waals surface area contributed by atoms with Crippen LogP contribution in [0, 0.1) is 13.8 Å². The Hall–Kier alpha value is -2.69. The number of aromatic nitrogens is 4. The molecule has 5 heteroatoms. The Kier molecular flexibility index (Phi) is 4.09. The zero-order valence-corrected chi connectivity index (χ0v) is 14.5. The predicted molar refractivity (Wildman–Crippen MR) is 94.2 cm³/mol. The Balaban J connectivity index is 1.94. The van der Waals surface area contributed by atoms with Crippen LogP contribution in [0.25, 0.3) is 0 Å². The standard InChI is InChI=1S/C19H22N4O/c1-14-10-11-23(18(24)15(14)2)19(3,4)17-13-22(21-20-17)12-16-8-6-5-7-9-16/h5-11,13H,12H2,1-4H3. The fraction of sp³-hybridized carbons (Fsp3) is 0.316. The lowest BCUT2D eigenvalue weighted by molar-refractivity contribution is 0.407. The van der Waals surface area contributed by atoms with Gasteiger partial charge in [-0.25, -0.2) is 4.68 Å². The molecule has 1 aromatic carbocycles. The topological polar surface area (TPSA) is 52.7 Å². The van der Waals surface area contributed by atoms with Crippen molar-refractivity contribution in [1.82, 2.24) is 19.6 Å². The Morgan fingerprint density at radius 1 is 1.08 bits per heavy atom. The lowest BCUT2D eigenvalue weighted by Gasteiger charge is -2.26. The maximum atomic E-state index is 12.6. The van der Waals surface area contributed by atoms with Crippen LogP contribution in [0.2, 0.25) is 0 Å². The van der Waals surface area contributed by atoms with E-state index in [4.69, 9.17) is 0 Å². The van der Waals surface area contributed by atoms with Crippen LogP contribution in [-0.2, 0) is 12.1 Å². The van der Waals surface area contributed by atoms with E-state index in [-0.39, 0.29) is 5.56 Å². The van der Waals surface area contributed by atoms with E-state index in [1.165, 1.54) is 0 Å². The average Bonchev–Trinajstić information content (AvgIpc) is 3.03. The highest BCUT2D eigenvalue weighted by atomic mass is 16.1. The Labute approximate surface area is 141 Å². The number of nitrogens with zero attached hydrogens (tertiary/aromatic N) is 4. The van der Waals surface area contributed by atoms with Crippen molar-refractivity contribution in [3.8, 4) is 0 Å². The van der Waals surface area contributed by atoms with E-state index >= 15 is 0 Å². The van der Waals surface area contributed by atoms with Gasteiger partial charge in [-0.1, -0.05) is 35.5 Å². The van der Waals surface area contributed by atoms with Crippen molar-refractivity contribution in [1.29, 1.82) is 0 Å². The fourth-order valence-electron chi connectivity index (χ4n) is 2.72. The third-order valence-corrected chi connectivity index (χ3v) is 4.56. The second-order valence-electron chi connectivity index (χ2n) is 6.64. The molecule has 0 unspecified atom stereocenters. The van der Waals surface area contributed by atoms with Crippen LogP contribution in [0.15, 0.2) is 53.6 Å². The Morgan fingerprint density at radius 3 is 2.50 bits per heavy atom. The van der Waals surface area contributed by atoms with E-state index in [2.05, 4.69) is 22.4 Å². The monoisotopic (exact) mass is 322 g/mol. The van der Waals surface area contributed by atoms with E-state index in [0.717, 1.165) is 22.4 Å². The van der Waals surface area contributed by atoms with Crippen LogP contribution in [0.4, 0.5) is 0 Å². The van der Waals surface area contributed by atoms with Gasteiger partial charge in [0.2, 0.25) is 0 Å². The molecule has 124 valence electrons. The minimum atomic E-state index is -0.565. The molecule has 0 saturated carbocycles. The Bertz CT molecular complexity index is 907. The summed E-state index contributed by atoms with van der Waals surface area (Å²) in [6, 6.07) is 12.1. The summed E-state index contributed by atoms with van der Waals surface area (Å²) in [7, 11) is 0. The highest BCUT2D eigenvalue weighted by Gasteiger charge is 2.28. The summed E-state index contributed by atoms with van der Waals surface area (Å²) in [5, 5.41) is 8.53. The van der Waals surface area contributed by atoms with Gasteiger partial charge in [0.1, 0.15) is 5.69 Å². The molecule has 0 N–H and O–H groups in total. The molecule has 0 atom stereocenters. The van der Waals surface area contributed by atoms with E-state index in [0.29, 0.717) is 6.54 Å². The molecule has 2 heterocycles. The minimum Gasteiger partial charge on any atom is -0.304 e. The van der Waals surface area contributed by atoms with Crippen LogP contribution in [0.5, 0.6) is 0 Å². The van der Waals surface area contributed by atoms with E-state index in [1.54, 1.807) is 9.25 Å². The second-order valence-corrected chi connectivity index (χ2v) is 6.64. The first-order chi connectivity index (χ1) is 11.4. The molecule has 0 spiro atoms. The number of benzene rings is 1. The number of aryl methyl sites for hydroxylation is 1. The summed E-state index contributed by atoms with van der Waals surface area (Å²) in [6.07, 6.45) is 3.75. The van der Waals surface area contributed by atoms with E-state index < -0.39 is 5.54 Å². The molecule has 2 aromatic heterocycles. The molecule has 0 radical (unpaired) electrons. The summed E-state index contributed by atoms with van der Waals surface area (Å²) >= 11 is 0. The van der Waals surface area contributed by atoms with Gasteiger partial charge in [-0.3, -0.25) is 4.79 Å². The van der Waals surface area contributed by atoms with Gasteiger partial charge in [-0.05, 0) is 44.9 Å². The summed E-state index contributed by atoms with van der Waals surface area (Å²) in [6.45, 7) is 8.44. The molecule has 24 heavy (non-hydrogen) atoms. The summed E-state index contributed by atoms with van der Waals surface area (Å²) in [5.41, 5.74) is 3.14. The smallest absolute Gasteiger partial charge is 0.254 e. The van der Waals surface area contributed by atoms with E-state index in [9.17, 15) is 4.79 Å². The molecule has 0 amide bonds. The highest BCUT2D eigenvalue weighted by Crippen LogP contribution is 2.22. The molecule has 0 aliphatic heterocycles. The fourth-order valence-corrected chi connectivity index (χ4v) is 2.72. The molecule has 0 bridgehead atoms. The van der Waals surface area contributed by atoms with Gasteiger partial charge < -0.3 is 4.57 Å². The van der Waals surface area contributed by atoms with E-state index in [1.807, 2.05) is 64.4 Å². The van der Waals surface area contributed by atoms with Crippen molar-refractivity contribution in [2.24, 2.45) is 0 Å². The average molecular weight is 322 g/mol. The van der Waals surface area contributed by atoms with Gasteiger partial charge in [-0.2, -0.15) is 0 Å². The number of hydrogen-bond acceptors (Lipinski definition) is 3. The predicted octanol–water partition coefficient (Wildman–Crippen LogP) is 2.89. The highest BCUT2D eigenvalue weighted by molar-refractivity contribution is 5.23. The van der Waals surface area contributed by atoms with Gasteiger partial charge >= 0.3 is 0 Å². The van der Waals surface area contributed by atoms with Gasteiger partial charge in [0, 0.05) is 11.8 Å². The first kappa shape index (κ1) is 16.2. The number of rotatable bonds is 4. The molecule has 5 nitrogen and oxygen atoms in total. The molecule has 0 saturated heterocycles. The van der Waals surface area contributed by atoms with Gasteiger partial charge in [0.15, 0.2) is 0 Å². The molecular formula is C19H22N4O. The normalized spacial score (nSPS) is 11.7. The van der Waals surface area contributed by atoms with Gasteiger partial charge in [-0.15, -0.1) is 5.10 Å². The van der Waals surface area contributed by atoms with Crippen molar-refractivity contribution < 1.29 is 0 Å².